The van der Waals surface area contributed by atoms with Crippen LogP contribution in [-0.2, 0) is 12.8 Å². The Kier molecular flexibility index (Phi) is 5.16. The van der Waals surface area contributed by atoms with Crippen LogP contribution in [0.2, 0.25) is 0 Å². The molecule has 0 radical (unpaired) electrons. The number of ether oxygens (including phenoxy) is 1. The third-order valence-corrected chi connectivity index (χ3v) is 5.48. The molecule has 132 valence electrons. The maximum atomic E-state index is 12.6. The third-order valence-electron chi connectivity index (χ3n) is 4.12. The van der Waals surface area contributed by atoms with Crippen molar-refractivity contribution >= 4 is 33.5 Å². The molecule has 0 heterocycles. The minimum Gasteiger partial charge on any atom is -0.496 e. The fraction of sp³-hybridized carbons (Fsp3) is 0.278. The lowest BCUT2D eigenvalue weighted by Gasteiger charge is -2.09. The van der Waals surface area contributed by atoms with Crippen LogP contribution in [0.3, 0.4) is 0 Å². The van der Waals surface area contributed by atoms with Crippen molar-refractivity contribution in [3.63, 3.8) is 0 Å². The van der Waals surface area contributed by atoms with Crippen LogP contribution in [0.1, 0.15) is 21.5 Å². The van der Waals surface area contributed by atoms with Crippen LogP contribution in [0, 0.1) is 5.92 Å². The van der Waals surface area contributed by atoms with E-state index in [2.05, 4.69) is 15.9 Å². The number of carbonyl (C=O) groups is 1. The molecule has 2 aromatic carbocycles. The van der Waals surface area contributed by atoms with E-state index in [4.69, 9.17) is 4.74 Å². The second-order valence-corrected chi connectivity index (χ2v) is 7.80. The zero-order valence-electron chi connectivity index (χ0n) is 13.2. The maximum absolute atomic E-state index is 12.6. The molecule has 0 aromatic heterocycles. The number of alkyl halides is 3. The average molecular weight is 431 g/mol. The summed E-state index contributed by atoms with van der Waals surface area (Å²) in [5.74, 6) is 0.464. The fourth-order valence-corrected chi connectivity index (χ4v) is 4.10. The van der Waals surface area contributed by atoms with Gasteiger partial charge in [-0.3, -0.25) is 4.79 Å². The molecule has 25 heavy (non-hydrogen) atoms. The van der Waals surface area contributed by atoms with E-state index in [0.717, 1.165) is 15.6 Å². The first-order chi connectivity index (χ1) is 11.8. The molecule has 1 aliphatic rings. The van der Waals surface area contributed by atoms with Gasteiger partial charge in [0.15, 0.2) is 5.78 Å². The lowest BCUT2D eigenvalue weighted by molar-refractivity contribution is -0.0328. The van der Waals surface area contributed by atoms with Crippen molar-refractivity contribution in [2.24, 2.45) is 5.92 Å². The minimum atomic E-state index is -4.29. The van der Waals surface area contributed by atoms with E-state index in [1.165, 1.54) is 12.1 Å². The second-order valence-electron chi connectivity index (χ2n) is 5.81. The molecule has 2 aromatic rings. The minimum absolute atomic E-state index is 0.0505. The Morgan fingerprint density at radius 2 is 1.92 bits per heavy atom. The number of rotatable bonds is 4. The van der Waals surface area contributed by atoms with Crippen molar-refractivity contribution in [3.05, 3.63) is 57.6 Å². The van der Waals surface area contributed by atoms with Crippen LogP contribution in [0.15, 0.2) is 45.8 Å². The van der Waals surface area contributed by atoms with E-state index in [-0.39, 0.29) is 28.4 Å². The monoisotopic (exact) mass is 430 g/mol. The van der Waals surface area contributed by atoms with E-state index in [1.54, 1.807) is 25.3 Å². The highest BCUT2D eigenvalue weighted by molar-refractivity contribution is 9.10. The number of thioether (sulfide) groups is 1. The molecule has 0 amide bonds. The number of ketones is 1. The Labute approximate surface area is 155 Å². The van der Waals surface area contributed by atoms with Crippen molar-refractivity contribution < 1.29 is 22.7 Å². The number of carbonyl (C=O) groups excluding carboxylic acids is 1. The second kappa shape index (κ2) is 7.03. The molecule has 0 fully saturated rings. The van der Waals surface area contributed by atoms with Crippen molar-refractivity contribution in [1.82, 2.24) is 0 Å². The van der Waals surface area contributed by atoms with E-state index in [9.17, 15) is 18.0 Å². The predicted molar refractivity (Wildman–Crippen MR) is 94.3 cm³/mol. The quantitative estimate of drug-likeness (QED) is 0.584. The summed E-state index contributed by atoms with van der Waals surface area (Å²) in [6, 6.07) is 9.83. The van der Waals surface area contributed by atoms with E-state index in [0.29, 0.717) is 24.2 Å². The van der Waals surface area contributed by atoms with Gasteiger partial charge in [0.05, 0.1) is 11.6 Å². The van der Waals surface area contributed by atoms with Gasteiger partial charge in [-0.25, -0.2) is 0 Å². The number of methoxy groups -OCH3 is 1. The first-order valence-corrected chi connectivity index (χ1v) is 9.13. The molecule has 0 saturated heterocycles. The van der Waals surface area contributed by atoms with E-state index >= 15 is 0 Å². The van der Waals surface area contributed by atoms with Gasteiger partial charge in [0.2, 0.25) is 0 Å². The Bertz CT molecular complexity index is 803. The maximum Gasteiger partial charge on any atom is 0.446 e. The summed E-state index contributed by atoms with van der Waals surface area (Å²) < 4.78 is 43.1. The van der Waals surface area contributed by atoms with Gasteiger partial charge in [-0.2, -0.15) is 13.2 Å². The van der Waals surface area contributed by atoms with Gasteiger partial charge in [-0.05, 0) is 75.9 Å². The molecule has 0 N–H and O–H groups in total. The third kappa shape index (κ3) is 4.20. The van der Waals surface area contributed by atoms with Gasteiger partial charge in [0, 0.05) is 16.4 Å². The van der Waals surface area contributed by atoms with Gasteiger partial charge in [0.25, 0.3) is 0 Å². The molecule has 1 unspecified atom stereocenters. The van der Waals surface area contributed by atoms with Crippen molar-refractivity contribution in [1.29, 1.82) is 0 Å². The van der Waals surface area contributed by atoms with Crippen LogP contribution < -0.4 is 4.74 Å². The lowest BCUT2D eigenvalue weighted by atomic mass is 9.96. The number of hydrogen-bond donors (Lipinski definition) is 0. The summed E-state index contributed by atoms with van der Waals surface area (Å²) >= 11 is 3.28. The van der Waals surface area contributed by atoms with Crippen LogP contribution in [0.5, 0.6) is 5.75 Å². The molecule has 3 rings (SSSR count). The average Bonchev–Trinajstić information content (AvgIpc) is 2.82. The van der Waals surface area contributed by atoms with Crippen LogP contribution in [0.4, 0.5) is 13.2 Å². The Morgan fingerprint density at radius 1 is 1.24 bits per heavy atom. The molecule has 1 atom stereocenters. The summed E-state index contributed by atoms with van der Waals surface area (Å²) in [5.41, 5.74) is -1.82. The number of fused-ring (bicyclic) bond motifs is 1. The Balaban J connectivity index is 1.73. The number of Topliss-reactive ketones (excluding diaryl/α,β-unsaturated/α-hetero) is 1. The van der Waals surface area contributed by atoms with Gasteiger partial charge in [0.1, 0.15) is 5.75 Å². The largest absolute Gasteiger partial charge is 0.496 e. The molecule has 0 spiro atoms. The lowest BCUT2D eigenvalue weighted by Crippen LogP contribution is -2.12. The van der Waals surface area contributed by atoms with Gasteiger partial charge in [-0.15, -0.1) is 0 Å². The zero-order valence-corrected chi connectivity index (χ0v) is 15.6. The highest BCUT2D eigenvalue weighted by Crippen LogP contribution is 2.38. The Hall–Kier alpha value is -1.47. The molecular weight excluding hydrogens is 417 g/mol. The smallest absolute Gasteiger partial charge is 0.446 e. The Morgan fingerprint density at radius 3 is 2.52 bits per heavy atom. The molecule has 2 nitrogen and oxygen atoms in total. The predicted octanol–water partition coefficient (Wildman–Crippen LogP) is 5.67. The highest BCUT2D eigenvalue weighted by atomic mass is 79.9. The highest BCUT2D eigenvalue weighted by Gasteiger charge is 2.32. The SMILES string of the molecule is COc1cc2c(cc1Br)CC(Cc1ccc(SC(F)(F)F)cc1)C2=O. The molecule has 0 saturated carbocycles. The summed E-state index contributed by atoms with van der Waals surface area (Å²) in [6.07, 6.45) is 1.13. The van der Waals surface area contributed by atoms with Crippen molar-refractivity contribution in [2.75, 3.05) is 7.11 Å². The standard InChI is InChI=1S/C18H14BrF3O2S/c1-24-16-9-14-11(8-15(16)19)7-12(17(14)23)6-10-2-4-13(5-3-10)25-18(20,21)22/h2-5,8-9,12H,6-7H2,1H3. The summed E-state index contributed by atoms with van der Waals surface area (Å²) in [7, 11) is 1.55. The number of hydrogen-bond acceptors (Lipinski definition) is 3. The number of benzene rings is 2. The van der Waals surface area contributed by atoms with E-state index in [1.807, 2.05) is 6.07 Å². The fourth-order valence-electron chi connectivity index (χ4n) is 3.00. The van der Waals surface area contributed by atoms with Gasteiger partial charge in [-0.1, -0.05) is 12.1 Å². The summed E-state index contributed by atoms with van der Waals surface area (Å²) in [4.78, 5) is 12.8. The van der Waals surface area contributed by atoms with Crippen molar-refractivity contribution in [3.8, 4) is 5.75 Å². The topological polar surface area (TPSA) is 26.3 Å². The van der Waals surface area contributed by atoms with Gasteiger partial charge >= 0.3 is 5.51 Å². The first kappa shape index (κ1) is 18.3. The molecular formula is C18H14BrF3O2S. The normalized spacial score (nSPS) is 16.8. The molecule has 0 bridgehead atoms. The summed E-state index contributed by atoms with van der Waals surface area (Å²) in [5, 5.41) is 0. The van der Waals surface area contributed by atoms with Crippen LogP contribution in [-0.4, -0.2) is 18.4 Å². The summed E-state index contributed by atoms with van der Waals surface area (Å²) in [6.45, 7) is 0. The van der Waals surface area contributed by atoms with Crippen LogP contribution >= 0.6 is 27.7 Å². The molecule has 7 heteroatoms. The van der Waals surface area contributed by atoms with Gasteiger partial charge < -0.3 is 4.74 Å². The van der Waals surface area contributed by atoms with Crippen molar-refractivity contribution in [2.45, 2.75) is 23.2 Å². The molecule has 1 aliphatic carbocycles. The van der Waals surface area contributed by atoms with Crippen LogP contribution in [0.25, 0.3) is 0 Å². The first-order valence-electron chi connectivity index (χ1n) is 7.52. The zero-order chi connectivity index (χ0) is 18.2. The molecule has 0 aliphatic heterocycles. The van der Waals surface area contributed by atoms with E-state index < -0.39 is 5.51 Å². The number of halogens is 4.